The second kappa shape index (κ2) is 37.8. The summed E-state index contributed by atoms with van der Waals surface area (Å²) in [4.78, 5) is 12.8. The van der Waals surface area contributed by atoms with Crippen LogP contribution < -0.4 is 0 Å². The highest BCUT2D eigenvalue weighted by molar-refractivity contribution is 7.80. The average molecular weight is 853 g/mol. The van der Waals surface area contributed by atoms with Crippen molar-refractivity contribution in [3.8, 4) is 0 Å². The molecular formula is C45H88O12S. The highest BCUT2D eigenvalue weighted by Gasteiger charge is 2.48. The summed E-state index contributed by atoms with van der Waals surface area (Å²) in [5.41, 5.74) is 0. The molecule has 1 rings (SSSR count). The van der Waals surface area contributed by atoms with E-state index in [1.54, 1.807) is 0 Å². The van der Waals surface area contributed by atoms with Crippen molar-refractivity contribution >= 4 is 16.4 Å². The van der Waals surface area contributed by atoms with E-state index in [0.29, 0.717) is 13.0 Å². The van der Waals surface area contributed by atoms with Crippen LogP contribution in [0.1, 0.15) is 219 Å². The first-order valence-corrected chi connectivity index (χ1v) is 25.2. The predicted molar refractivity (Wildman–Crippen MR) is 230 cm³/mol. The lowest BCUT2D eigenvalue weighted by molar-refractivity contribution is -0.301. The van der Waals surface area contributed by atoms with Crippen molar-refractivity contribution in [2.75, 3.05) is 26.4 Å². The molecule has 1 heterocycles. The summed E-state index contributed by atoms with van der Waals surface area (Å²) < 4.78 is 58.9. The summed E-state index contributed by atoms with van der Waals surface area (Å²) in [6, 6.07) is 0. The summed E-state index contributed by atoms with van der Waals surface area (Å²) in [5.74, 6) is -0.394. The van der Waals surface area contributed by atoms with Crippen LogP contribution in [0.5, 0.6) is 0 Å². The SMILES string of the molecule is CCCCCCCCCCCCCCCCCCCCCCCCCC(=O)OC(COCCCCCCCCCC)COC1OC(CO)C(O)C(OS(=O)(=O)O)C1O. The van der Waals surface area contributed by atoms with Crippen molar-refractivity contribution in [3.63, 3.8) is 0 Å². The molecule has 4 N–H and O–H groups in total. The number of rotatable bonds is 42. The van der Waals surface area contributed by atoms with Gasteiger partial charge in [-0.05, 0) is 12.8 Å². The van der Waals surface area contributed by atoms with E-state index in [1.165, 1.54) is 154 Å². The molecule has 0 amide bonds. The Balaban J connectivity index is 2.27. The van der Waals surface area contributed by atoms with Crippen LogP contribution in [0.3, 0.4) is 0 Å². The van der Waals surface area contributed by atoms with Gasteiger partial charge in [-0.15, -0.1) is 0 Å². The monoisotopic (exact) mass is 853 g/mol. The molecule has 0 spiro atoms. The van der Waals surface area contributed by atoms with Crippen molar-refractivity contribution in [2.45, 2.75) is 256 Å². The first-order valence-electron chi connectivity index (χ1n) is 23.8. The summed E-state index contributed by atoms with van der Waals surface area (Å²) in [6.45, 7) is 4.00. The molecule has 0 aromatic rings. The minimum Gasteiger partial charge on any atom is -0.457 e. The van der Waals surface area contributed by atoms with E-state index in [4.69, 9.17) is 23.5 Å². The largest absolute Gasteiger partial charge is 0.457 e. The van der Waals surface area contributed by atoms with Gasteiger partial charge in [0.25, 0.3) is 0 Å². The predicted octanol–water partition coefficient (Wildman–Crippen LogP) is 10.1. The molecule has 6 atom stereocenters. The van der Waals surface area contributed by atoms with Crippen LogP contribution in [0.2, 0.25) is 0 Å². The van der Waals surface area contributed by atoms with Gasteiger partial charge in [0.2, 0.25) is 0 Å². The van der Waals surface area contributed by atoms with Gasteiger partial charge in [-0.25, -0.2) is 4.18 Å². The number of carbonyl (C=O) groups is 1. The maximum absolute atomic E-state index is 12.8. The number of carbonyl (C=O) groups excluding carboxylic acids is 1. The van der Waals surface area contributed by atoms with Crippen molar-refractivity contribution in [1.29, 1.82) is 0 Å². The number of aliphatic hydroxyl groups is 3. The topological polar surface area (TPSA) is 178 Å². The van der Waals surface area contributed by atoms with E-state index in [2.05, 4.69) is 18.0 Å². The third-order valence-electron chi connectivity index (χ3n) is 11.2. The average Bonchev–Trinajstić information content (AvgIpc) is 3.19. The zero-order valence-corrected chi connectivity index (χ0v) is 37.7. The Kier molecular flexibility index (Phi) is 35.9. The van der Waals surface area contributed by atoms with Crippen LogP contribution in [-0.4, -0.2) is 97.5 Å². The van der Waals surface area contributed by atoms with Crippen LogP contribution in [0, 0.1) is 0 Å². The molecule has 6 unspecified atom stereocenters. The Hall–Kier alpha value is -0.900. The van der Waals surface area contributed by atoms with Crippen molar-refractivity contribution in [3.05, 3.63) is 0 Å². The fourth-order valence-electron chi connectivity index (χ4n) is 7.62. The van der Waals surface area contributed by atoms with E-state index in [9.17, 15) is 28.5 Å². The second-order valence-electron chi connectivity index (χ2n) is 16.7. The van der Waals surface area contributed by atoms with Gasteiger partial charge in [0.05, 0.1) is 19.8 Å². The maximum atomic E-state index is 12.8. The van der Waals surface area contributed by atoms with E-state index in [-0.39, 0.29) is 19.6 Å². The van der Waals surface area contributed by atoms with Gasteiger partial charge in [0.15, 0.2) is 6.29 Å². The number of ether oxygens (including phenoxy) is 4. The fraction of sp³-hybridized carbons (Fsp3) is 0.978. The third kappa shape index (κ3) is 31.0. The highest BCUT2D eigenvalue weighted by Crippen LogP contribution is 2.26. The molecule has 0 aliphatic carbocycles. The van der Waals surface area contributed by atoms with Gasteiger partial charge >= 0.3 is 16.4 Å². The van der Waals surface area contributed by atoms with Crippen molar-refractivity contribution < 1.29 is 56.2 Å². The van der Waals surface area contributed by atoms with E-state index < -0.39 is 59.8 Å². The molecule has 58 heavy (non-hydrogen) atoms. The molecule has 0 radical (unpaired) electrons. The van der Waals surface area contributed by atoms with Crippen LogP contribution in [0.25, 0.3) is 0 Å². The first-order chi connectivity index (χ1) is 28.1. The Labute approximate surface area is 354 Å². The Morgan fingerprint density at radius 2 is 0.983 bits per heavy atom. The third-order valence-corrected chi connectivity index (χ3v) is 11.7. The fourth-order valence-corrected chi connectivity index (χ4v) is 8.12. The van der Waals surface area contributed by atoms with Gasteiger partial charge < -0.3 is 34.3 Å². The lowest BCUT2D eigenvalue weighted by Crippen LogP contribution is -2.60. The lowest BCUT2D eigenvalue weighted by atomic mass is 9.99. The minimum atomic E-state index is -5.05. The van der Waals surface area contributed by atoms with Crippen LogP contribution in [-0.2, 0) is 38.3 Å². The van der Waals surface area contributed by atoms with Crippen LogP contribution in [0.15, 0.2) is 0 Å². The minimum absolute atomic E-state index is 0.0431. The molecule has 346 valence electrons. The van der Waals surface area contributed by atoms with Gasteiger partial charge in [0, 0.05) is 13.0 Å². The van der Waals surface area contributed by atoms with Crippen LogP contribution >= 0.6 is 0 Å². The van der Waals surface area contributed by atoms with Gasteiger partial charge in [-0.2, -0.15) is 8.42 Å². The number of aliphatic hydroxyl groups excluding tert-OH is 3. The molecule has 0 aromatic heterocycles. The zero-order valence-electron chi connectivity index (χ0n) is 36.9. The summed E-state index contributed by atoms with van der Waals surface area (Å²) in [7, 11) is -5.05. The summed E-state index contributed by atoms with van der Waals surface area (Å²) in [6.07, 6.45) is 30.2. The quantitative estimate of drug-likeness (QED) is 0.0260. The van der Waals surface area contributed by atoms with E-state index in [0.717, 1.165) is 38.5 Å². The Bertz CT molecular complexity index is 1030. The standard InChI is InChI=1S/C45H88O12S/c1-3-5-7-9-11-13-14-15-16-17-18-19-20-21-22-23-24-25-26-27-28-30-32-34-41(47)55-39(37-53-35-33-31-29-12-10-8-6-4-2)38-54-45-43(49)44(57-58(50,51)52)42(48)40(36-46)56-45/h39-40,42-46,48-49H,3-38H2,1-2H3,(H,50,51,52). The van der Waals surface area contributed by atoms with Gasteiger partial charge in [0.1, 0.15) is 30.5 Å². The smallest absolute Gasteiger partial charge is 0.397 e. The van der Waals surface area contributed by atoms with Gasteiger partial charge in [-0.3, -0.25) is 9.35 Å². The molecule has 0 aromatic carbocycles. The molecule has 1 saturated heterocycles. The molecule has 1 aliphatic rings. The van der Waals surface area contributed by atoms with Gasteiger partial charge in [-0.1, -0.05) is 200 Å². The molecule has 13 heteroatoms. The molecule has 0 bridgehead atoms. The molecule has 1 aliphatic heterocycles. The van der Waals surface area contributed by atoms with E-state index in [1.807, 2.05) is 0 Å². The zero-order chi connectivity index (χ0) is 42.5. The molecule has 12 nitrogen and oxygen atoms in total. The van der Waals surface area contributed by atoms with E-state index >= 15 is 0 Å². The van der Waals surface area contributed by atoms with Crippen molar-refractivity contribution in [1.82, 2.24) is 0 Å². The number of unbranched alkanes of at least 4 members (excludes halogenated alkanes) is 29. The number of esters is 1. The highest BCUT2D eigenvalue weighted by atomic mass is 32.3. The Morgan fingerprint density at radius 1 is 0.586 bits per heavy atom. The normalized spacial score (nSPS) is 20.4. The molecule has 0 saturated carbocycles. The molecule has 1 fully saturated rings. The maximum Gasteiger partial charge on any atom is 0.397 e. The Morgan fingerprint density at radius 3 is 1.38 bits per heavy atom. The number of hydrogen-bond acceptors (Lipinski definition) is 11. The molecular weight excluding hydrogens is 765 g/mol. The summed E-state index contributed by atoms with van der Waals surface area (Å²) >= 11 is 0. The van der Waals surface area contributed by atoms with Crippen LogP contribution in [0.4, 0.5) is 0 Å². The lowest BCUT2D eigenvalue weighted by Gasteiger charge is -2.41. The first kappa shape index (κ1) is 55.1. The second-order valence-corrected chi connectivity index (χ2v) is 17.8. The number of hydrogen-bond donors (Lipinski definition) is 4. The summed E-state index contributed by atoms with van der Waals surface area (Å²) in [5, 5.41) is 30.6. The van der Waals surface area contributed by atoms with Crippen molar-refractivity contribution in [2.24, 2.45) is 0 Å².